The summed E-state index contributed by atoms with van der Waals surface area (Å²) in [6.07, 6.45) is 1.20. The van der Waals surface area contributed by atoms with Crippen molar-refractivity contribution in [2.24, 2.45) is 5.73 Å². The van der Waals surface area contributed by atoms with Crippen LogP contribution < -0.4 is 11.1 Å². The average Bonchev–Trinajstić information content (AvgIpc) is 2.77. The molecule has 80 valence electrons. The molecule has 0 aromatic carbocycles. The zero-order valence-corrected chi connectivity index (χ0v) is 7.69. The number of hydrogen-bond acceptors (Lipinski definition) is 4. The number of carbonyl (C=O) groups is 2. The first-order valence-electron chi connectivity index (χ1n) is 4.44. The van der Waals surface area contributed by atoms with Gasteiger partial charge in [-0.1, -0.05) is 0 Å². The lowest BCUT2D eigenvalue weighted by Gasteiger charge is -2.17. The van der Waals surface area contributed by atoms with Crippen LogP contribution in [0.1, 0.15) is 25.7 Å². The highest BCUT2D eigenvalue weighted by Crippen LogP contribution is 2.32. The fourth-order valence-corrected chi connectivity index (χ4v) is 1.13. The van der Waals surface area contributed by atoms with E-state index in [2.05, 4.69) is 5.32 Å². The highest BCUT2D eigenvalue weighted by molar-refractivity contribution is 5.77. The molecule has 0 saturated heterocycles. The normalized spacial score (nSPS) is 20.1. The fourth-order valence-electron chi connectivity index (χ4n) is 1.13. The largest absolute Gasteiger partial charge is 0.480 e. The third kappa shape index (κ3) is 3.31. The molecular formula is C8H14N2O4. The van der Waals surface area contributed by atoms with Gasteiger partial charge in [-0.15, -0.1) is 0 Å². The van der Waals surface area contributed by atoms with Crippen molar-refractivity contribution in [2.45, 2.75) is 37.5 Å². The summed E-state index contributed by atoms with van der Waals surface area (Å²) in [5.74, 6) is -1.62. The topological polar surface area (TPSA) is 113 Å². The molecule has 14 heavy (non-hydrogen) atoms. The minimum atomic E-state index is -1.08. The standard InChI is InChI=1S/C8H14N2O4/c9-6(11)2-1-5(7(12)13)10-8(14)3-4-8/h5,10,14H,1-4H2,(H2,9,11)(H,12,13). The number of hydrogen-bond donors (Lipinski definition) is 4. The molecule has 0 aromatic rings. The summed E-state index contributed by atoms with van der Waals surface area (Å²) in [6, 6.07) is -0.907. The smallest absolute Gasteiger partial charge is 0.320 e. The van der Waals surface area contributed by atoms with Gasteiger partial charge in [0.2, 0.25) is 5.91 Å². The molecule has 1 unspecified atom stereocenters. The Balaban J connectivity index is 2.39. The number of rotatable bonds is 6. The van der Waals surface area contributed by atoms with Crippen molar-refractivity contribution in [3.63, 3.8) is 0 Å². The predicted molar refractivity (Wildman–Crippen MR) is 47.2 cm³/mol. The first-order valence-corrected chi connectivity index (χ1v) is 4.44. The molecule has 6 heteroatoms. The first kappa shape index (κ1) is 10.9. The molecule has 0 aromatic heterocycles. The summed E-state index contributed by atoms with van der Waals surface area (Å²) < 4.78 is 0. The van der Waals surface area contributed by atoms with E-state index in [4.69, 9.17) is 10.8 Å². The summed E-state index contributed by atoms with van der Waals surface area (Å²) in [6.45, 7) is 0. The van der Waals surface area contributed by atoms with Gasteiger partial charge in [-0.05, 0) is 19.3 Å². The van der Waals surface area contributed by atoms with E-state index in [0.717, 1.165) is 0 Å². The first-order chi connectivity index (χ1) is 6.43. The Morgan fingerprint density at radius 2 is 2.07 bits per heavy atom. The highest BCUT2D eigenvalue weighted by atomic mass is 16.4. The summed E-state index contributed by atoms with van der Waals surface area (Å²) in [5.41, 5.74) is 3.86. The second-order valence-corrected chi connectivity index (χ2v) is 3.57. The van der Waals surface area contributed by atoms with Gasteiger partial charge in [0, 0.05) is 6.42 Å². The number of nitrogens with two attached hydrogens (primary N) is 1. The number of carbonyl (C=O) groups excluding carboxylic acids is 1. The average molecular weight is 202 g/mol. The maximum absolute atomic E-state index is 10.7. The highest BCUT2D eigenvalue weighted by Gasteiger charge is 2.43. The van der Waals surface area contributed by atoms with Crippen molar-refractivity contribution >= 4 is 11.9 Å². The van der Waals surface area contributed by atoms with Gasteiger partial charge in [0.25, 0.3) is 0 Å². The van der Waals surface area contributed by atoms with Gasteiger partial charge in [-0.25, -0.2) is 0 Å². The van der Waals surface area contributed by atoms with Crippen LogP contribution in [0.4, 0.5) is 0 Å². The lowest BCUT2D eigenvalue weighted by molar-refractivity contribution is -0.141. The number of primary amides is 1. The fraction of sp³-hybridized carbons (Fsp3) is 0.750. The predicted octanol–water partition coefficient (Wildman–Crippen LogP) is -1.22. The van der Waals surface area contributed by atoms with E-state index >= 15 is 0 Å². The van der Waals surface area contributed by atoms with Gasteiger partial charge < -0.3 is 15.9 Å². The van der Waals surface area contributed by atoms with Crippen molar-refractivity contribution in [1.82, 2.24) is 5.32 Å². The van der Waals surface area contributed by atoms with Gasteiger partial charge >= 0.3 is 5.97 Å². The van der Waals surface area contributed by atoms with Crippen LogP contribution in [0.25, 0.3) is 0 Å². The van der Waals surface area contributed by atoms with E-state index in [9.17, 15) is 14.7 Å². The third-order valence-electron chi connectivity index (χ3n) is 2.14. The summed E-state index contributed by atoms with van der Waals surface area (Å²) in [5, 5.41) is 20.7. The number of aliphatic carboxylic acids is 1. The van der Waals surface area contributed by atoms with Crippen LogP contribution in [0.5, 0.6) is 0 Å². The van der Waals surface area contributed by atoms with Crippen molar-refractivity contribution in [1.29, 1.82) is 0 Å². The van der Waals surface area contributed by atoms with Crippen LogP contribution in [-0.4, -0.2) is 33.9 Å². The lowest BCUT2D eigenvalue weighted by Crippen LogP contribution is -2.45. The van der Waals surface area contributed by atoms with Crippen LogP contribution >= 0.6 is 0 Å². The van der Waals surface area contributed by atoms with Crippen LogP contribution in [-0.2, 0) is 9.59 Å². The number of amides is 1. The molecule has 0 radical (unpaired) electrons. The zero-order valence-electron chi connectivity index (χ0n) is 7.69. The van der Waals surface area contributed by atoms with Crippen molar-refractivity contribution in [3.05, 3.63) is 0 Å². The molecular weight excluding hydrogens is 188 g/mol. The molecule has 0 spiro atoms. The molecule has 0 heterocycles. The summed E-state index contributed by atoms with van der Waals surface area (Å²) in [4.78, 5) is 21.1. The van der Waals surface area contributed by atoms with Crippen LogP contribution in [0.3, 0.4) is 0 Å². The number of nitrogens with one attached hydrogen (secondary N) is 1. The van der Waals surface area contributed by atoms with Crippen LogP contribution in [0.15, 0.2) is 0 Å². The van der Waals surface area contributed by atoms with Gasteiger partial charge in [-0.2, -0.15) is 0 Å². The maximum atomic E-state index is 10.7. The molecule has 1 saturated carbocycles. The molecule has 1 amide bonds. The van der Waals surface area contributed by atoms with E-state index < -0.39 is 23.6 Å². The van der Waals surface area contributed by atoms with E-state index in [1.807, 2.05) is 0 Å². The molecule has 1 fully saturated rings. The molecule has 6 nitrogen and oxygen atoms in total. The Hall–Kier alpha value is -1.14. The van der Waals surface area contributed by atoms with Gasteiger partial charge in [0.15, 0.2) is 0 Å². The molecule has 0 bridgehead atoms. The Morgan fingerprint density at radius 3 is 2.43 bits per heavy atom. The van der Waals surface area contributed by atoms with Crippen LogP contribution in [0, 0.1) is 0 Å². The number of carboxylic acid groups (broad SMARTS) is 1. The zero-order chi connectivity index (χ0) is 10.8. The van der Waals surface area contributed by atoms with E-state index in [1.54, 1.807) is 0 Å². The van der Waals surface area contributed by atoms with Gasteiger partial charge in [0.05, 0.1) is 0 Å². The third-order valence-corrected chi connectivity index (χ3v) is 2.14. The monoisotopic (exact) mass is 202 g/mol. The van der Waals surface area contributed by atoms with E-state index in [0.29, 0.717) is 12.8 Å². The molecule has 1 rings (SSSR count). The number of aliphatic hydroxyl groups is 1. The molecule has 5 N–H and O–H groups in total. The van der Waals surface area contributed by atoms with Gasteiger partial charge in [-0.3, -0.25) is 14.9 Å². The van der Waals surface area contributed by atoms with Gasteiger partial charge in [0.1, 0.15) is 11.8 Å². The Kier molecular flexibility index (Phi) is 3.07. The molecule has 1 atom stereocenters. The Morgan fingerprint density at radius 1 is 1.50 bits per heavy atom. The Labute approximate surface area is 81.1 Å². The Bertz CT molecular complexity index is 250. The van der Waals surface area contributed by atoms with Crippen molar-refractivity contribution < 1.29 is 19.8 Å². The quantitative estimate of drug-likeness (QED) is 0.403. The summed E-state index contributed by atoms with van der Waals surface area (Å²) in [7, 11) is 0. The van der Waals surface area contributed by atoms with Crippen LogP contribution in [0.2, 0.25) is 0 Å². The van der Waals surface area contributed by atoms with Crippen molar-refractivity contribution in [3.8, 4) is 0 Å². The second kappa shape index (κ2) is 3.93. The maximum Gasteiger partial charge on any atom is 0.320 e. The SMILES string of the molecule is NC(=O)CCC(NC1(O)CC1)C(=O)O. The molecule has 1 aliphatic rings. The minimum absolute atomic E-state index is 0.0000463. The number of carboxylic acids is 1. The molecule has 0 aliphatic heterocycles. The second-order valence-electron chi connectivity index (χ2n) is 3.57. The molecule has 1 aliphatic carbocycles. The lowest BCUT2D eigenvalue weighted by atomic mass is 10.1. The summed E-state index contributed by atoms with van der Waals surface area (Å²) >= 11 is 0. The van der Waals surface area contributed by atoms with E-state index in [-0.39, 0.29) is 12.8 Å². The van der Waals surface area contributed by atoms with E-state index in [1.165, 1.54) is 0 Å². The van der Waals surface area contributed by atoms with Crippen molar-refractivity contribution in [2.75, 3.05) is 0 Å². The minimum Gasteiger partial charge on any atom is -0.480 e.